The van der Waals surface area contributed by atoms with Crippen LogP contribution in [0.3, 0.4) is 0 Å². The van der Waals surface area contributed by atoms with Gasteiger partial charge in [-0.3, -0.25) is 4.79 Å². The van der Waals surface area contributed by atoms with E-state index >= 15 is 0 Å². The van der Waals surface area contributed by atoms with Gasteiger partial charge in [0.25, 0.3) is 5.91 Å². The Labute approximate surface area is 107 Å². The Morgan fingerprint density at radius 2 is 2.06 bits per heavy atom. The van der Waals surface area contributed by atoms with Crippen LogP contribution in [0.5, 0.6) is 0 Å². The third-order valence-electron chi connectivity index (χ3n) is 2.08. The Balaban J connectivity index is 2.79. The lowest BCUT2D eigenvalue weighted by atomic mass is 10.2. The minimum atomic E-state index is -0.701. The van der Waals surface area contributed by atoms with Gasteiger partial charge >= 0.3 is 5.97 Å². The highest BCUT2D eigenvalue weighted by molar-refractivity contribution is 9.10. The van der Waals surface area contributed by atoms with E-state index in [9.17, 15) is 9.59 Å². The number of nitrogens with one attached hydrogen (secondary N) is 1. The third-order valence-corrected chi connectivity index (χ3v) is 2.54. The number of anilines is 1. The monoisotopic (exact) mass is 300 g/mol. The van der Waals surface area contributed by atoms with Gasteiger partial charge in [-0.1, -0.05) is 15.9 Å². The minimum absolute atomic E-state index is 0.379. The van der Waals surface area contributed by atoms with Crippen molar-refractivity contribution in [2.24, 2.45) is 0 Å². The van der Waals surface area contributed by atoms with E-state index in [0.29, 0.717) is 15.7 Å². The summed E-state index contributed by atoms with van der Waals surface area (Å²) >= 11 is 3.24. The number of esters is 1. The van der Waals surface area contributed by atoms with Gasteiger partial charge < -0.3 is 15.8 Å². The normalized spacial score (nSPS) is 11.7. The van der Waals surface area contributed by atoms with Gasteiger partial charge in [0.05, 0.1) is 7.11 Å². The SMILES string of the molecule is COC(=O)C(C)NC(=O)c1cc(N)cc(Br)c1. The van der Waals surface area contributed by atoms with Gasteiger partial charge in [-0.2, -0.15) is 0 Å². The van der Waals surface area contributed by atoms with Crippen molar-refractivity contribution in [3.8, 4) is 0 Å². The van der Waals surface area contributed by atoms with Crippen molar-refractivity contribution in [1.29, 1.82) is 0 Å². The molecule has 0 spiro atoms. The molecule has 0 aliphatic rings. The van der Waals surface area contributed by atoms with Gasteiger partial charge in [-0.15, -0.1) is 0 Å². The maximum atomic E-state index is 11.8. The summed E-state index contributed by atoms with van der Waals surface area (Å²) in [6, 6.07) is 4.13. The van der Waals surface area contributed by atoms with Crippen LogP contribution in [0.15, 0.2) is 22.7 Å². The van der Waals surface area contributed by atoms with E-state index in [0.717, 1.165) is 0 Å². The molecule has 1 aromatic carbocycles. The van der Waals surface area contributed by atoms with Crippen LogP contribution in [0.25, 0.3) is 0 Å². The molecule has 1 amide bonds. The van der Waals surface area contributed by atoms with E-state index in [1.54, 1.807) is 19.1 Å². The molecule has 0 aliphatic heterocycles. The van der Waals surface area contributed by atoms with Crippen LogP contribution < -0.4 is 11.1 Å². The van der Waals surface area contributed by atoms with Crippen molar-refractivity contribution in [3.63, 3.8) is 0 Å². The fourth-order valence-electron chi connectivity index (χ4n) is 1.26. The maximum absolute atomic E-state index is 11.8. The number of carbonyl (C=O) groups excluding carboxylic acids is 2. The quantitative estimate of drug-likeness (QED) is 0.652. The minimum Gasteiger partial charge on any atom is -0.467 e. The predicted octanol–water partition coefficient (Wildman–Crippen LogP) is 1.32. The Hall–Kier alpha value is -1.56. The Morgan fingerprint density at radius 3 is 2.59 bits per heavy atom. The zero-order chi connectivity index (χ0) is 13.0. The largest absolute Gasteiger partial charge is 0.467 e. The standard InChI is InChI=1S/C11H13BrN2O3/c1-6(11(16)17-2)14-10(15)7-3-8(12)5-9(13)4-7/h3-6H,13H2,1-2H3,(H,14,15). The first-order valence-corrected chi connectivity index (χ1v) is 5.68. The molecule has 6 heteroatoms. The van der Waals surface area contributed by atoms with Crippen molar-refractivity contribution >= 4 is 33.5 Å². The van der Waals surface area contributed by atoms with E-state index in [4.69, 9.17) is 5.73 Å². The second-order valence-corrected chi connectivity index (χ2v) is 4.41. The number of hydrogen-bond donors (Lipinski definition) is 2. The molecule has 0 radical (unpaired) electrons. The number of nitrogens with two attached hydrogens (primary N) is 1. The van der Waals surface area contributed by atoms with Crippen molar-refractivity contribution in [2.45, 2.75) is 13.0 Å². The number of nitrogen functional groups attached to an aromatic ring is 1. The van der Waals surface area contributed by atoms with E-state index < -0.39 is 12.0 Å². The molecule has 3 N–H and O–H groups in total. The molecule has 1 aromatic rings. The van der Waals surface area contributed by atoms with E-state index in [-0.39, 0.29) is 5.91 Å². The zero-order valence-electron chi connectivity index (χ0n) is 9.49. The Morgan fingerprint density at radius 1 is 1.41 bits per heavy atom. The third kappa shape index (κ3) is 3.74. The van der Waals surface area contributed by atoms with E-state index in [1.165, 1.54) is 13.2 Å². The number of hydrogen-bond acceptors (Lipinski definition) is 4. The van der Waals surface area contributed by atoms with Crippen molar-refractivity contribution in [2.75, 3.05) is 12.8 Å². The molecule has 1 unspecified atom stereocenters. The average molecular weight is 301 g/mol. The maximum Gasteiger partial charge on any atom is 0.328 e. The second kappa shape index (κ2) is 5.67. The summed E-state index contributed by atoms with van der Waals surface area (Å²) in [5, 5.41) is 2.51. The molecule has 5 nitrogen and oxygen atoms in total. The molecule has 0 aromatic heterocycles. The summed E-state index contributed by atoms with van der Waals surface area (Å²) < 4.78 is 5.21. The van der Waals surface area contributed by atoms with Gasteiger partial charge in [-0.25, -0.2) is 4.79 Å². The first-order valence-electron chi connectivity index (χ1n) is 4.89. The highest BCUT2D eigenvalue weighted by Crippen LogP contribution is 2.17. The highest BCUT2D eigenvalue weighted by atomic mass is 79.9. The first kappa shape index (κ1) is 13.5. The summed E-state index contributed by atoms with van der Waals surface area (Å²) in [7, 11) is 1.27. The molecule has 0 saturated heterocycles. The summed E-state index contributed by atoms with van der Waals surface area (Å²) in [6.45, 7) is 1.55. The van der Waals surface area contributed by atoms with Gasteiger partial charge in [0.2, 0.25) is 0 Å². The van der Waals surface area contributed by atoms with Crippen LogP contribution in [0.2, 0.25) is 0 Å². The molecular weight excluding hydrogens is 288 g/mol. The van der Waals surface area contributed by atoms with Crippen LogP contribution in [0.4, 0.5) is 5.69 Å². The molecule has 1 atom stereocenters. The number of carbonyl (C=O) groups is 2. The molecular formula is C11H13BrN2O3. The molecule has 0 aliphatic carbocycles. The smallest absolute Gasteiger partial charge is 0.328 e. The lowest BCUT2D eigenvalue weighted by Gasteiger charge is -2.11. The van der Waals surface area contributed by atoms with Gasteiger partial charge in [-0.05, 0) is 25.1 Å². The lowest BCUT2D eigenvalue weighted by Crippen LogP contribution is -2.39. The predicted molar refractivity (Wildman–Crippen MR) is 67.5 cm³/mol. The molecule has 0 heterocycles. The average Bonchev–Trinajstić information content (AvgIpc) is 2.26. The number of halogens is 1. The fraction of sp³-hybridized carbons (Fsp3) is 0.273. The van der Waals surface area contributed by atoms with Crippen molar-refractivity contribution < 1.29 is 14.3 Å². The van der Waals surface area contributed by atoms with Crippen LogP contribution >= 0.6 is 15.9 Å². The van der Waals surface area contributed by atoms with Gasteiger partial charge in [0, 0.05) is 15.7 Å². The first-order chi connectivity index (χ1) is 7.93. The molecule has 0 bridgehead atoms. The molecule has 92 valence electrons. The summed E-state index contributed by atoms with van der Waals surface area (Å²) in [4.78, 5) is 22.9. The molecule has 1 rings (SSSR count). The summed E-state index contributed by atoms with van der Waals surface area (Å²) in [6.07, 6.45) is 0. The summed E-state index contributed by atoms with van der Waals surface area (Å²) in [5.41, 5.74) is 6.46. The van der Waals surface area contributed by atoms with Gasteiger partial charge in [0.15, 0.2) is 0 Å². The zero-order valence-corrected chi connectivity index (χ0v) is 11.1. The van der Waals surface area contributed by atoms with E-state index in [1.807, 2.05) is 0 Å². The Bertz CT molecular complexity index is 428. The van der Waals surface area contributed by atoms with Crippen LogP contribution in [0, 0.1) is 0 Å². The second-order valence-electron chi connectivity index (χ2n) is 3.49. The molecule has 17 heavy (non-hydrogen) atoms. The lowest BCUT2D eigenvalue weighted by molar-refractivity contribution is -0.142. The molecule has 0 fully saturated rings. The Kier molecular flexibility index (Phi) is 4.51. The number of amides is 1. The van der Waals surface area contributed by atoms with Crippen LogP contribution in [0.1, 0.15) is 17.3 Å². The number of rotatable bonds is 3. The van der Waals surface area contributed by atoms with Crippen LogP contribution in [-0.4, -0.2) is 25.0 Å². The number of methoxy groups -OCH3 is 1. The fourth-order valence-corrected chi connectivity index (χ4v) is 1.77. The number of ether oxygens (including phenoxy) is 1. The molecule has 0 saturated carbocycles. The summed E-state index contributed by atoms with van der Waals surface area (Å²) in [5.74, 6) is -0.878. The van der Waals surface area contributed by atoms with Crippen molar-refractivity contribution in [3.05, 3.63) is 28.2 Å². The van der Waals surface area contributed by atoms with Crippen molar-refractivity contribution in [1.82, 2.24) is 5.32 Å². The van der Waals surface area contributed by atoms with Gasteiger partial charge in [0.1, 0.15) is 6.04 Å². The number of benzene rings is 1. The highest BCUT2D eigenvalue weighted by Gasteiger charge is 2.17. The van der Waals surface area contributed by atoms with Crippen LogP contribution in [-0.2, 0) is 9.53 Å². The topological polar surface area (TPSA) is 81.4 Å². The van der Waals surface area contributed by atoms with E-state index in [2.05, 4.69) is 26.0 Å².